The highest BCUT2D eigenvalue weighted by Gasteiger charge is 2.21. The van der Waals surface area contributed by atoms with Gasteiger partial charge in [0.15, 0.2) is 5.13 Å². The zero-order chi connectivity index (χ0) is 18.0. The summed E-state index contributed by atoms with van der Waals surface area (Å²) < 4.78 is 27.6. The summed E-state index contributed by atoms with van der Waals surface area (Å²) in [6, 6.07) is 13.7. The molecule has 0 bridgehead atoms. The van der Waals surface area contributed by atoms with Crippen LogP contribution in [0.2, 0.25) is 5.02 Å². The zero-order valence-electron chi connectivity index (χ0n) is 13.2. The van der Waals surface area contributed by atoms with Gasteiger partial charge in [0.2, 0.25) is 0 Å². The standard InChI is InChI=1S/C17H15ClN2O3S2/c1-11-13(18)8-5-9-15(11)25(22,23)20-17-19-14(10-24-17)16(21)12-6-3-2-4-7-12/h2-10,16,21H,1H3,(H,19,20). The van der Waals surface area contributed by atoms with Gasteiger partial charge in [-0.05, 0) is 30.2 Å². The van der Waals surface area contributed by atoms with E-state index in [1.807, 2.05) is 18.2 Å². The van der Waals surface area contributed by atoms with Crippen molar-refractivity contribution >= 4 is 38.1 Å². The predicted octanol–water partition coefficient (Wildman–Crippen LogP) is 3.99. The van der Waals surface area contributed by atoms with Crippen molar-refractivity contribution in [3.8, 4) is 0 Å². The minimum Gasteiger partial charge on any atom is -0.382 e. The lowest BCUT2D eigenvalue weighted by Gasteiger charge is -2.09. The van der Waals surface area contributed by atoms with Crippen LogP contribution in [0.5, 0.6) is 0 Å². The van der Waals surface area contributed by atoms with Crippen LogP contribution in [-0.2, 0) is 10.0 Å². The summed E-state index contributed by atoms with van der Waals surface area (Å²) in [4.78, 5) is 4.29. The number of rotatable bonds is 5. The van der Waals surface area contributed by atoms with E-state index in [0.717, 1.165) is 11.3 Å². The molecule has 0 aliphatic rings. The van der Waals surface area contributed by atoms with Crippen LogP contribution in [0, 0.1) is 6.92 Å². The van der Waals surface area contributed by atoms with Crippen LogP contribution in [0.3, 0.4) is 0 Å². The molecule has 3 rings (SSSR count). The van der Waals surface area contributed by atoms with Crippen molar-refractivity contribution in [2.24, 2.45) is 0 Å². The minimum atomic E-state index is -3.81. The van der Waals surface area contributed by atoms with Crippen molar-refractivity contribution in [2.75, 3.05) is 4.72 Å². The van der Waals surface area contributed by atoms with Crippen molar-refractivity contribution in [2.45, 2.75) is 17.9 Å². The highest BCUT2D eigenvalue weighted by molar-refractivity contribution is 7.93. The molecule has 0 amide bonds. The van der Waals surface area contributed by atoms with Gasteiger partial charge in [-0.3, -0.25) is 4.72 Å². The van der Waals surface area contributed by atoms with Gasteiger partial charge in [0.25, 0.3) is 10.0 Å². The molecule has 1 heterocycles. The molecule has 0 spiro atoms. The summed E-state index contributed by atoms with van der Waals surface area (Å²) >= 11 is 7.11. The third-order valence-corrected chi connectivity index (χ3v) is 6.44. The lowest BCUT2D eigenvalue weighted by atomic mass is 10.1. The highest BCUT2D eigenvalue weighted by atomic mass is 35.5. The summed E-state index contributed by atoms with van der Waals surface area (Å²) in [6.45, 7) is 1.64. The average molecular weight is 395 g/mol. The summed E-state index contributed by atoms with van der Waals surface area (Å²) in [5, 5.41) is 12.5. The Morgan fingerprint density at radius 2 is 1.88 bits per heavy atom. The van der Waals surface area contributed by atoms with Crippen LogP contribution in [0.25, 0.3) is 0 Å². The van der Waals surface area contributed by atoms with Gasteiger partial charge in [-0.25, -0.2) is 13.4 Å². The number of aliphatic hydroxyl groups is 1. The minimum absolute atomic E-state index is 0.0976. The first kappa shape index (κ1) is 17.9. The van der Waals surface area contributed by atoms with Gasteiger partial charge in [0.05, 0.1) is 10.6 Å². The number of aliphatic hydroxyl groups excluding tert-OH is 1. The van der Waals surface area contributed by atoms with E-state index in [-0.39, 0.29) is 10.0 Å². The smallest absolute Gasteiger partial charge is 0.263 e. The average Bonchev–Trinajstić information content (AvgIpc) is 3.05. The second-order valence-corrected chi connectivity index (χ2v) is 8.28. The fourth-order valence-corrected chi connectivity index (χ4v) is 4.79. The molecule has 0 fully saturated rings. The summed E-state index contributed by atoms with van der Waals surface area (Å²) in [5.74, 6) is 0. The Morgan fingerprint density at radius 1 is 1.16 bits per heavy atom. The first-order valence-corrected chi connectivity index (χ1v) is 10.1. The molecule has 3 aromatic rings. The van der Waals surface area contributed by atoms with E-state index in [1.165, 1.54) is 6.07 Å². The Morgan fingerprint density at radius 3 is 2.60 bits per heavy atom. The Labute approximate surface area is 155 Å². The SMILES string of the molecule is Cc1c(Cl)cccc1S(=O)(=O)Nc1nc(C(O)c2ccccc2)cs1. The Kier molecular flexibility index (Phi) is 5.10. The molecule has 25 heavy (non-hydrogen) atoms. The Balaban J connectivity index is 1.85. The number of nitrogens with zero attached hydrogens (tertiary/aromatic N) is 1. The van der Waals surface area contributed by atoms with E-state index >= 15 is 0 Å². The van der Waals surface area contributed by atoms with E-state index in [0.29, 0.717) is 21.8 Å². The summed E-state index contributed by atoms with van der Waals surface area (Å²) in [7, 11) is -3.81. The number of sulfonamides is 1. The van der Waals surface area contributed by atoms with E-state index in [9.17, 15) is 13.5 Å². The number of hydrogen-bond acceptors (Lipinski definition) is 5. The van der Waals surface area contributed by atoms with Crippen LogP contribution >= 0.6 is 22.9 Å². The maximum atomic E-state index is 12.6. The summed E-state index contributed by atoms with van der Waals surface area (Å²) in [5.41, 5.74) is 1.54. The molecule has 0 aliphatic heterocycles. The lowest BCUT2D eigenvalue weighted by molar-refractivity contribution is 0.216. The fraction of sp³-hybridized carbons (Fsp3) is 0.118. The number of anilines is 1. The van der Waals surface area contributed by atoms with E-state index in [2.05, 4.69) is 9.71 Å². The fourth-order valence-electron chi connectivity index (χ4n) is 2.31. The van der Waals surface area contributed by atoms with Gasteiger partial charge in [0, 0.05) is 10.4 Å². The molecule has 0 saturated heterocycles. The van der Waals surface area contributed by atoms with Gasteiger partial charge >= 0.3 is 0 Å². The Hall–Kier alpha value is -1.93. The molecule has 0 radical (unpaired) electrons. The molecule has 2 aromatic carbocycles. The van der Waals surface area contributed by atoms with E-state index < -0.39 is 16.1 Å². The van der Waals surface area contributed by atoms with Crippen LogP contribution < -0.4 is 4.72 Å². The van der Waals surface area contributed by atoms with Crippen LogP contribution in [0.15, 0.2) is 58.8 Å². The first-order valence-electron chi connectivity index (χ1n) is 7.35. The number of aromatic nitrogens is 1. The number of halogens is 1. The quantitative estimate of drug-likeness (QED) is 0.685. The second-order valence-electron chi connectivity index (χ2n) is 5.36. The van der Waals surface area contributed by atoms with Crippen molar-refractivity contribution in [3.63, 3.8) is 0 Å². The number of nitrogens with one attached hydrogen (secondary N) is 1. The molecule has 8 heteroatoms. The number of hydrogen-bond donors (Lipinski definition) is 2. The van der Waals surface area contributed by atoms with Gasteiger partial charge in [-0.15, -0.1) is 11.3 Å². The molecule has 1 unspecified atom stereocenters. The van der Waals surface area contributed by atoms with Crippen molar-refractivity contribution in [1.82, 2.24) is 4.98 Å². The van der Waals surface area contributed by atoms with Crippen LogP contribution in [-0.4, -0.2) is 18.5 Å². The molecule has 1 aromatic heterocycles. The first-order chi connectivity index (χ1) is 11.9. The number of thiazole rings is 1. The highest BCUT2D eigenvalue weighted by Crippen LogP contribution is 2.29. The molecule has 130 valence electrons. The largest absolute Gasteiger partial charge is 0.382 e. The number of benzene rings is 2. The molecule has 5 nitrogen and oxygen atoms in total. The van der Waals surface area contributed by atoms with Gasteiger partial charge in [0.1, 0.15) is 6.10 Å². The zero-order valence-corrected chi connectivity index (χ0v) is 15.6. The van der Waals surface area contributed by atoms with Crippen LogP contribution in [0.4, 0.5) is 5.13 Å². The van der Waals surface area contributed by atoms with Gasteiger partial charge in [-0.2, -0.15) is 0 Å². The van der Waals surface area contributed by atoms with Gasteiger partial charge in [-0.1, -0.05) is 48.0 Å². The second kappa shape index (κ2) is 7.13. The molecule has 0 aliphatic carbocycles. The third kappa shape index (κ3) is 3.85. The van der Waals surface area contributed by atoms with Crippen molar-refractivity contribution < 1.29 is 13.5 Å². The maximum absolute atomic E-state index is 12.6. The molecule has 0 saturated carbocycles. The van der Waals surface area contributed by atoms with E-state index in [4.69, 9.17) is 11.6 Å². The summed E-state index contributed by atoms with van der Waals surface area (Å²) in [6.07, 6.45) is -0.913. The van der Waals surface area contributed by atoms with Crippen molar-refractivity contribution in [3.05, 3.63) is 75.8 Å². The monoisotopic (exact) mass is 394 g/mol. The van der Waals surface area contributed by atoms with Crippen LogP contribution in [0.1, 0.15) is 22.9 Å². The van der Waals surface area contributed by atoms with E-state index in [1.54, 1.807) is 36.6 Å². The normalized spacial score (nSPS) is 12.8. The van der Waals surface area contributed by atoms with Gasteiger partial charge < -0.3 is 5.11 Å². The topological polar surface area (TPSA) is 79.3 Å². The predicted molar refractivity (Wildman–Crippen MR) is 99.6 cm³/mol. The molecular formula is C17H15ClN2O3S2. The molecule has 2 N–H and O–H groups in total. The molecule has 1 atom stereocenters. The third-order valence-electron chi connectivity index (χ3n) is 3.65. The van der Waals surface area contributed by atoms with Crippen molar-refractivity contribution in [1.29, 1.82) is 0 Å². The Bertz CT molecular complexity index is 988. The molecular weight excluding hydrogens is 380 g/mol. The maximum Gasteiger partial charge on any atom is 0.263 e. The lowest BCUT2D eigenvalue weighted by Crippen LogP contribution is -2.14.